The summed E-state index contributed by atoms with van der Waals surface area (Å²) in [5, 5.41) is 0. The van der Waals surface area contributed by atoms with Crippen molar-refractivity contribution in [3.63, 3.8) is 0 Å². The standard InChI is InChI=1S/C16H23N/c1-2-12-17-13-16(10-6-3-7-11-16)14-8-4-5-9-15(14)17/h4-5,8-9H,2-3,6-7,10-13H2,1H3. The van der Waals surface area contributed by atoms with Crippen molar-refractivity contribution >= 4 is 5.69 Å². The zero-order chi connectivity index (χ0) is 11.7. The highest BCUT2D eigenvalue weighted by atomic mass is 15.2. The summed E-state index contributed by atoms with van der Waals surface area (Å²) in [6.07, 6.45) is 8.36. The van der Waals surface area contributed by atoms with E-state index in [2.05, 4.69) is 36.1 Å². The average molecular weight is 229 g/mol. The van der Waals surface area contributed by atoms with Crippen LogP contribution in [0, 0.1) is 0 Å². The SMILES string of the molecule is CCCN1CC2(CCCCC2)c2ccccc21. The van der Waals surface area contributed by atoms with Gasteiger partial charge in [0.2, 0.25) is 0 Å². The summed E-state index contributed by atoms with van der Waals surface area (Å²) in [5.41, 5.74) is 3.67. The van der Waals surface area contributed by atoms with Gasteiger partial charge in [-0.3, -0.25) is 0 Å². The maximum atomic E-state index is 2.63. The first kappa shape index (κ1) is 11.1. The summed E-state index contributed by atoms with van der Waals surface area (Å²) in [4.78, 5) is 2.63. The monoisotopic (exact) mass is 229 g/mol. The Bertz CT molecular complexity index is 390. The van der Waals surface area contributed by atoms with E-state index in [0.717, 1.165) is 0 Å². The van der Waals surface area contributed by atoms with Crippen molar-refractivity contribution in [2.24, 2.45) is 0 Å². The molecule has 1 fully saturated rings. The summed E-state index contributed by atoms with van der Waals surface area (Å²) >= 11 is 0. The van der Waals surface area contributed by atoms with E-state index in [1.807, 2.05) is 0 Å². The van der Waals surface area contributed by atoms with E-state index in [9.17, 15) is 0 Å². The van der Waals surface area contributed by atoms with Gasteiger partial charge in [-0.1, -0.05) is 44.4 Å². The lowest BCUT2D eigenvalue weighted by Crippen LogP contribution is -2.35. The zero-order valence-electron chi connectivity index (χ0n) is 10.9. The molecule has 0 saturated heterocycles. The van der Waals surface area contributed by atoms with Crippen LogP contribution in [0.5, 0.6) is 0 Å². The summed E-state index contributed by atoms with van der Waals surface area (Å²) in [5.74, 6) is 0. The molecule has 1 aliphatic heterocycles. The molecule has 1 aromatic rings. The molecule has 1 heteroatoms. The first-order chi connectivity index (χ1) is 8.36. The number of para-hydroxylation sites is 1. The lowest BCUT2D eigenvalue weighted by molar-refractivity contribution is 0.310. The first-order valence-corrected chi connectivity index (χ1v) is 7.20. The minimum atomic E-state index is 0.504. The average Bonchev–Trinajstić information content (AvgIpc) is 2.66. The maximum absolute atomic E-state index is 2.63. The Morgan fingerprint density at radius 2 is 1.88 bits per heavy atom. The van der Waals surface area contributed by atoms with E-state index in [4.69, 9.17) is 0 Å². The van der Waals surface area contributed by atoms with Crippen LogP contribution in [0.25, 0.3) is 0 Å². The van der Waals surface area contributed by atoms with Crippen LogP contribution in [0.3, 0.4) is 0 Å². The van der Waals surface area contributed by atoms with Crippen LogP contribution in [0.2, 0.25) is 0 Å². The van der Waals surface area contributed by atoms with Crippen molar-refractivity contribution in [2.45, 2.75) is 50.9 Å². The predicted octanol–water partition coefficient (Wildman–Crippen LogP) is 4.12. The van der Waals surface area contributed by atoms with E-state index >= 15 is 0 Å². The highest BCUT2D eigenvalue weighted by Crippen LogP contribution is 2.48. The summed E-state index contributed by atoms with van der Waals surface area (Å²) in [7, 11) is 0. The molecular formula is C16H23N. The highest BCUT2D eigenvalue weighted by Gasteiger charge is 2.42. The largest absolute Gasteiger partial charge is 0.370 e. The Morgan fingerprint density at radius 1 is 1.12 bits per heavy atom. The molecule has 92 valence electrons. The molecule has 1 aliphatic carbocycles. The van der Waals surface area contributed by atoms with E-state index in [-0.39, 0.29) is 0 Å². The van der Waals surface area contributed by atoms with Gasteiger partial charge in [-0.2, -0.15) is 0 Å². The van der Waals surface area contributed by atoms with E-state index in [1.165, 1.54) is 57.3 Å². The molecule has 0 N–H and O–H groups in total. The minimum absolute atomic E-state index is 0.504. The fraction of sp³-hybridized carbons (Fsp3) is 0.625. The van der Waals surface area contributed by atoms with Gasteiger partial charge in [-0.25, -0.2) is 0 Å². The van der Waals surface area contributed by atoms with Gasteiger partial charge >= 0.3 is 0 Å². The molecule has 3 rings (SSSR count). The second-order valence-corrected chi connectivity index (χ2v) is 5.78. The third-order valence-corrected chi connectivity index (χ3v) is 4.61. The number of benzene rings is 1. The predicted molar refractivity (Wildman–Crippen MR) is 73.7 cm³/mol. The summed E-state index contributed by atoms with van der Waals surface area (Å²) in [6.45, 7) is 4.79. The number of rotatable bonds is 2. The van der Waals surface area contributed by atoms with Crippen molar-refractivity contribution in [3.8, 4) is 0 Å². The van der Waals surface area contributed by atoms with Gasteiger partial charge < -0.3 is 4.90 Å². The van der Waals surface area contributed by atoms with Crippen molar-refractivity contribution in [2.75, 3.05) is 18.0 Å². The van der Waals surface area contributed by atoms with Crippen molar-refractivity contribution in [1.29, 1.82) is 0 Å². The maximum Gasteiger partial charge on any atom is 0.0405 e. The molecular weight excluding hydrogens is 206 g/mol. The minimum Gasteiger partial charge on any atom is -0.370 e. The Labute approximate surface area is 105 Å². The third kappa shape index (κ3) is 1.76. The second-order valence-electron chi connectivity index (χ2n) is 5.78. The Balaban J connectivity index is 1.98. The molecule has 0 bridgehead atoms. The number of hydrogen-bond donors (Lipinski definition) is 0. The van der Waals surface area contributed by atoms with Gasteiger partial charge in [-0.05, 0) is 30.9 Å². The molecule has 1 spiro atoms. The molecule has 1 saturated carbocycles. The number of nitrogens with zero attached hydrogens (tertiary/aromatic N) is 1. The van der Waals surface area contributed by atoms with Gasteiger partial charge in [0.1, 0.15) is 0 Å². The van der Waals surface area contributed by atoms with Crippen molar-refractivity contribution < 1.29 is 0 Å². The molecule has 0 aromatic heterocycles. The molecule has 0 unspecified atom stereocenters. The third-order valence-electron chi connectivity index (χ3n) is 4.61. The zero-order valence-corrected chi connectivity index (χ0v) is 10.9. The van der Waals surface area contributed by atoms with Gasteiger partial charge in [0, 0.05) is 24.2 Å². The van der Waals surface area contributed by atoms with Crippen LogP contribution in [-0.4, -0.2) is 13.1 Å². The van der Waals surface area contributed by atoms with Crippen LogP contribution >= 0.6 is 0 Å². The van der Waals surface area contributed by atoms with Gasteiger partial charge in [-0.15, -0.1) is 0 Å². The number of hydrogen-bond acceptors (Lipinski definition) is 1. The molecule has 17 heavy (non-hydrogen) atoms. The van der Waals surface area contributed by atoms with Crippen LogP contribution < -0.4 is 4.90 Å². The molecule has 0 atom stereocenters. The normalized spacial score (nSPS) is 21.8. The van der Waals surface area contributed by atoms with E-state index in [1.54, 1.807) is 5.56 Å². The molecule has 1 aromatic carbocycles. The lowest BCUT2D eigenvalue weighted by atomic mass is 9.71. The summed E-state index contributed by atoms with van der Waals surface area (Å²) < 4.78 is 0. The highest BCUT2D eigenvalue weighted by molar-refractivity contribution is 5.62. The van der Waals surface area contributed by atoms with Gasteiger partial charge in [0.15, 0.2) is 0 Å². The second kappa shape index (κ2) is 4.36. The van der Waals surface area contributed by atoms with Crippen LogP contribution in [0.15, 0.2) is 24.3 Å². The molecule has 0 radical (unpaired) electrons. The smallest absolute Gasteiger partial charge is 0.0405 e. The Kier molecular flexibility index (Phi) is 2.85. The Hall–Kier alpha value is -0.980. The summed E-state index contributed by atoms with van der Waals surface area (Å²) in [6, 6.07) is 9.14. The number of anilines is 1. The lowest BCUT2D eigenvalue weighted by Gasteiger charge is -2.34. The fourth-order valence-electron chi connectivity index (χ4n) is 3.86. The molecule has 0 amide bonds. The molecule has 1 heterocycles. The van der Waals surface area contributed by atoms with Gasteiger partial charge in [0.25, 0.3) is 0 Å². The van der Waals surface area contributed by atoms with Gasteiger partial charge in [0.05, 0.1) is 0 Å². The van der Waals surface area contributed by atoms with Crippen molar-refractivity contribution in [3.05, 3.63) is 29.8 Å². The quantitative estimate of drug-likeness (QED) is 0.737. The Morgan fingerprint density at radius 3 is 2.65 bits per heavy atom. The van der Waals surface area contributed by atoms with E-state index in [0.29, 0.717) is 5.41 Å². The van der Waals surface area contributed by atoms with E-state index < -0.39 is 0 Å². The van der Waals surface area contributed by atoms with Crippen LogP contribution in [0.1, 0.15) is 51.0 Å². The van der Waals surface area contributed by atoms with Crippen LogP contribution in [0.4, 0.5) is 5.69 Å². The van der Waals surface area contributed by atoms with Crippen molar-refractivity contribution in [1.82, 2.24) is 0 Å². The topological polar surface area (TPSA) is 3.24 Å². The number of fused-ring (bicyclic) bond motifs is 2. The van der Waals surface area contributed by atoms with Crippen LogP contribution in [-0.2, 0) is 5.41 Å². The fourth-order valence-corrected chi connectivity index (χ4v) is 3.86. The first-order valence-electron chi connectivity index (χ1n) is 7.20. The molecule has 2 aliphatic rings. The molecule has 1 nitrogen and oxygen atoms in total.